The maximum absolute atomic E-state index is 5.31. The SMILES string of the molecule is COc1cccc2c1ccn2C(C)C. The summed E-state index contributed by atoms with van der Waals surface area (Å²) >= 11 is 0. The number of benzene rings is 1. The van der Waals surface area contributed by atoms with Crippen molar-refractivity contribution in [2.24, 2.45) is 0 Å². The highest BCUT2D eigenvalue weighted by Gasteiger charge is 2.06. The van der Waals surface area contributed by atoms with Crippen LogP contribution in [0.2, 0.25) is 0 Å². The molecule has 2 rings (SSSR count). The number of aromatic nitrogens is 1. The van der Waals surface area contributed by atoms with E-state index < -0.39 is 0 Å². The van der Waals surface area contributed by atoms with Gasteiger partial charge in [-0.25, -0.2) is 0 Å². The Bertz CT molecular complexity index is 443. The van der Waals surface area contributed by atoms with E-state index in [-0.39, 0.29) is 0 Å². The lowest BCUT2D eigenvalue weighted by Crippen LogP contribution is -1.97. The minimum absolute atomic E-state index is 0.486. The molecule has 1 heterocycles. The van der Waals surface area contributed by atoms with Gasteiger partial charge in [0.2, 0.25) is 0 Å². The molecular formula is C12H15NO. The van der Waals surface area contributed by atoms with E-state index in [1.54, 1.807) is 7.11 Å². The highest BCUT2D eigenvalue weighted by Crippen LogP contribution is 2.27. The van der Waals surface area contributed by atoms with Crippen molar-refractivity contribution in [1.29, 1.82) is 0 Å². The standard InChI is InChI=1S/C12H15NO/c1-9(2)13-8-7-10-11(13)5-4-6-12(10)14-3/h4-9H,1-3H3. The average molecular weight is 189 g/mol. The normalized spacial score (nSPS) is 11.1. The maximum Gasteiger partial charge on any atom is 0.128 e. The van der Waals surface area contributed by atoms with Gasteiger partial charge in [0.05, 0.1) is 12.6 Å². The van der Waals surface area contributed by atoms with Crippen LogP contribution in [0.3, 0.4) is 0 Å². The molecule has 0 amide bonds. The summed E-state index contributed by atoms with van der Waals surface area (Å²) in [5.41, 5.74) is 1.24. The Morgan fingerprint density at radius 1 is 1.21 bits per heavy atom. The first-order valence-electron chi connectivity index (χ1n) is 4.87. The Kier molecular flexibility index (Phi) is 2.20. The average Bonchev–Trinajstić information content (AvgIpc) is 2.60. The van der Waals surface area contributed by atoms with Crippen molar-refractivity contribution in [2.75, 3.05) is 7.11 Å². The van der Waals surface area contributed by atoms with Crippen molar-refractivity contribution in [3.05, 3.63) is 30.5 Å². The molecule has 1 aromatic heterocycles. The van der Waals surface area contributed by atoms with Gasteiger partial charge in [-0.1, -0.05) is 6.07 Å². The van der Waals surface area contributed by atoms with Crippen molar-refractivity contribution >= 4 is 10.9 Å². The van der Waals surface area contributed by atoms with Crippen molar-refractivity contribution in [1.82, 2.24) is 4.57 Å². The van der Waals surface area contributed by atoms with Gasteiger partial charge in [0.15, 0.2) is 0 Å². The molecule has 0 saturated carbocycles. The molecule has 0 aliphatic heterocycles. The quantitative estimate of drug-likeness (QED) is 0.707. The third kappa shape index (κ3) is 1.27. The first-order chi connectivity index (χ1) is 6.74. The maximum atomic E-state index is 5.31. The molecule has 0 radical (unpaired) electrons. The van der Waals surface area contributed by atoms with Crippen molar-refractivity contribution in [3.8, 4) is 5.75 Å². The molecule has 0 aliphatic carbocycles. The lowest BCUT2D eigenvalue weighted by atomic mass is 10.2. The first kappa shape index (κ1) is 9.13. The molecule has 0 bridgehead atoms. The van der Waals surface area contributed by atoms with Crippen LogP contribution in [0.4, 0.5) is 0 Å². The van der Waals surface area contributed by atoms with Crippen LogP contribution in [0.1, 0.15) is 19.9 Å². The minimum atomic E-state index is 0.486. The van der Waals surface area contributed by atoms with Crippen LogP contribution in [-0.2, 0) is 0 Å². The van der Waals surface area contributed by atoms with Gasteiger partial charge in [0.1, 0.15) is 5.75 Å². The molecule has 0 saturated heterocycles. The second-order valence-electron chi connectivity index (χ2n) is 3.71. The van der Waals surface area contributed by atoms with E-state index in [4.69, 9.17) is 4.74 Å². The van der Waals surface area contributed by atoms with Crippen LogP contribution in [0.5, 0.6) is 5.75 Å². The number of nitrogens with zero attached hydrogens (tertiary/aromatic N) is 1. The van der Waals surface area contributed by atoms with Crippen LogP contribution in [0.25, 0.3) is 10.9 Å². The fraction of sp³-hybridized carbons (Fsp3) is 0.333. The summed E-state index contributed by atoms with van der Waals surface area (Å²) in [7, 11) is 1.71. The summed E-state index contributed by atoms with van der Waals surface area (Å²) in [6.07, 6.45) is 2.11. The summed E-state index contributed by atoms with van der Waals surface area (Å²) in [6, 6.07) is 8.73. The first-order valence-corrected chi connectivity index (χ1v) is 4.87. The van der Waals surface area contributed by atoms with Gasteiger partial charge >= 0.3 is 0 Å². The number of hydrogen-bond acceptors (Lipinski definition) is 1. The van der Waals surface area contributed by atoms with Crippen LogP contribution in [0.15, 0.2) is 30.5 Å². The highest BCUT2D eigenvalue weighted by molar-refractivity contribution is 5.86. The van der Waals surface area contributed by atoms with Gasteiger partial charge < -0.3 is 9.30 Å². The van der Waals surface area contributed by atoms with E-state index in [1.807, 2.05) is 12.1 Å². The Hall–Kier alpha value is -1.44. The fourth-order valence-electron chi connectivity index (χ4n) is 1.79. The van der Waals surface area contributed by atoms with E-state index in [2.05, 4.69) is 36.7 Å². The predicted molar refractivity (Wildman–Crippen MR) is 58.9 cm³/mol. The monoisotopic (exact) mass is 189 g/mol. The van der Waals surface area contributed by atoms with Crippen molar-refractivity contribution in [3.63, 3.8) is 0 Å². The zero-order valence-electron chi connectivity index (χ0n) is 8.82. The molecule has 0 fully saturated rings. The third-order valence-electron chi connectivity index (χ3n) is 2.50. The second-order valence-corrected chi connectivity index (χ2v) is 3.71. The minimum Gasteiger partial charge on any atom is -0.496 e. The zero-order chi connectivity index (χ0) is 10.1. The van der Waals surface area contributed by atoms with Gasteiger partial charge in [-0.3, -0.25) is 0 Å². The Balaban J connectivity index is 2.69. The number of rotatable bonds is 2. The van der Waals surface area contributed by atoms with Gasteiger partial charge in [-0.2, -0.15) is 0 Å². The molecular weight excluding hydrogens is 174 g/mol. The van der Waals surface area contributed by atoms with E-state index in [1.165, 1.54) is 10.9 Å². The van der Waals surface area contributed by atoms with E-state index in [0.29, 0.717) is 6.04 Å². The largest absolute Gasteiger partial charge is 0.496 e. The van der Waals surface area contributed by atoms with Crippen LogP contribution >= 0.6 is 0 Å². The second kappa shape index (κ2) is 3.37. The Morgan fingerprint density at radius 2 is 2.00 bits per heavy atom. The van der Waals surface area contributed by atoms with Gasteiger partial charge in [0.25, 0.3) is 0 Å². The number of ether oxygens (including phenoxy) is 1. The molecule has 2 heteroatoms. The van der Waals surface area contributed by atoms with Crippen LogP contribution in [0, 0.1) is 0 Å². The fourth-order valence-corrected chi connectivity index (χ4v) is 1.79. The zero-order valence-corrected chi connectivity index (χ0v) is 8.82. The summed E-state index contributed by atoms with van der Waals surface area (Å²) in [5.74, 6) is 0.946. The highest BCUT2D eigenvalue weighted by atomic mass is 16.5. The van der Waals surface area contributed by atoms with Crippen LogP contribution < -0.4 is 4.74 Å². The summed E-state index contributed by atoms with van der Waals surface area (Å²) in [4.78, 5) is 0. The molecule has 14 heavy (non-hydrogen) atoms. The summed E-state index contributed by atoms with van der Waals surface area (Å²) in [6.45, 7) is 4.36. The molecule has 0 atom stereocenters. The molecule has 0 spiro atoms. The van der Waals surface area contributed by atoms with E-state index in [9.17, 15) is 0 Å². The van der Waals surface area contributed by atoms with Gasteiger partial charge in [0, 0.05) is 17.6 Å². The smallest absolute Gasteiger partial charge is 0.128 e. The van der Waals surface area contributed by atoms with E-state index >= 15 is 0 Å². The van der Waals surface area contributed by atoms with Gasteiger partial charge in [-0.05, 0) is 32.0 Å². The van der Waals surface area contributed by atoms with Gasteiger partial charge in [-0.15, -0.1) is 0 Å². The molecule has 0 aliphatic rings. The lowest BCUT2D eigenvalue weighted by molar-refractivity contribution is 0.420. The lowest BCUT2D eigenvalue weighted by Gasteiger charge is -2.09. The van der Waals surface area contributed by atoms with Crippen LogP contribution in [-0.4, -0.2) is 11.7 Å². The Labute approximate surface area is 84.1 Å². The van der Waals surface area contributed by atoms with E-state index in [0.717, 1.165) is 5.75 Å². The number of hydrogen-bond donors (Lipinski definition) is 0. The molecule has 2 aromatic rings. The molecule has 74 valence electrons. The molecule has 0 N–H and O–H groups in total. The molecule has 2 nitrogen and oxygen atoms in total. The third-order valence-corrected chi connectivity index (χ3v) is 2.50. The van der Waals surface area contributed by atoms with Crippen molar-refractivity contribution < 1.29 is 4.74 Å². The van der Waals surface area contributed by atoms with Crippen molar-refractivity contribution in [2.45, 2.75) is 19.9 Å². The summed E-state index contributed by atoms with van der Waals surface area (Å²) < 4.78 is 7.56. The number of methoxy groups -OCH3 is 1. The topological polar surface area (TPSA) is 14.2 Å². The Morgan fingerprint density at radius 3 is 2.64 bits per heavy atom. The molecule has 0 unspecified atom stereocenters. The summed E-state index contributed by atoms with van der Waals surface area (Å²) in [5, 5.41) is 1.18. The molecule has 1 aromatic carbocycles. The predicted octanol–water partition coefficient (Wildman–Crippen LogP) is 3.23. The number of fused-ring (bicyclic) bond motifs is 1.